The summed E-state index contributed by atoms with van der Waals surface area (Å²) in [5, 5.41) is 9.77. The topological polar surface area (TPSA) is 377 Å². The SMILES string of the molecule is C=CC(=O)Nc1nc(Nc2ccccc2S(=O)(=O)O)nc(-c2ccc(/C=C/c3ccc(-c4nc(NC(=O)C=C)nc(Nc5ccccc5S(=O)(=O)O)n4)cc3S(=O)(=O)O)c(S(=O)(=O)O)c2)n1. The summed E-state index contributed by atoms with van der Waals surface area (Å²) < 4.78 is 139. The van der Waals surface area contributed by atoms with E-state index in [0.29, 0.717) is 0 Å². The normalized spacial score (nSPS) is 12.0. The Hall–Kier alpha value is -7.70. The molecular formula is C38H30N10O14S4. The van der Waals surface area contributed by atoms with Gasteiger partial charge in [-0.25, -0.2) is 0 Å². The van der Waals surface area contributed by atoms with Crippen LogP contribution in [0.25, 0.3) is 34.9 Å². The molecule has 8 N–H and O–H groups in total. The van der Waals surface area contributed by atoms with Crippen LogP contribution in [0.5, 0.6) is 0 Å². The van der Waals surface area contributed by atoms with Gasteiger partial charge in [0.15, 0.2) is 11.6 Å². The maximum Gasteiger partial charge on any atom is 0.296 e. The number of carbonyl (C=O) groups excluding carboxylic acids is 2. The van der Waals surface area contributed by atoms with Crippen molar-refractivity contribution in [3.05, 3.63) is 121 Å². The molecule has 6 rings (SSSR count). The maximum atomic E-state index is 12.8. The lowest BCUT2D eigenvalue weighted by Crippen LogP contribution is -2.13. The van der Waals surface area contributed by atoms with Gasteiger partial charge < -0.3 is 10.6 Å². The highest BCUT2D eigenvalue weighted by Gasteiger charge is 2.23. The van der Waals surface area contributed by atoms with Crippen LogP contribution in [0.1, 0.15) is 11.1 Å². The van der Waals surface area contributed by atoms with Gasteiger partial charge in [0.1, 0.15) is 19.6 Å². The lowest BCUT2D eigenvalue weighted by Gasteiger charge is -2.12. The second-order valence-electron chi connectivity index (χ2n) is 13.0. The van der Waals surface area contributed by atoms with E-state index in [9.17, 15) is 61.5 Å². The van der Waals surface area contributed by atoms with Crippen molar-refractivity contribution >= 4 is 99.6 Å². The highest BCUT2D eigenvalue weighted by molar-refractivity contribution is 7.86. The van der Waals surface area contributed by atoms with Gasteiger partial charge in [-0.05, 0) is 59.7 Å². The Bertz CT molecular complexity index is 3250. The van der Waals surface area contributed by atoms with Crippen LogP contribution < -0.4 is 21.3 Å². The second kappa shape index (κ2) is 18.8. The standard InChI is InChI=1S/C38H30N10O14S4/c1-3-31(49)41-37-45-33(43-35(47-37)39-25-9-5-7-11-27(25)63(51,52)53)23-17-15-21(29(19-23)65(57,58)59)13-14-22-16-18-24(20-30(22)66(60,61)62)34-44-36(48-38(46-34)42-32(50)4-2)40-26-10-6-8-12-28(26)64(54,55)56/h3-20H,1-2H2,(H,51,52,53)(H,54,55,56)(H,57,58,59)(H,60,61,62)(H2,39,41,43,45,47,49)(H2,40,42,44,46,48,50)/b14-13+. The van der Waals surface area contributed by atoms with Gasteiger partial charge >= 0.3 is 0 Å². The van der Waals surface area contributed by atoms with Crippen molar-refractivity contribution in [1.29, 1.82) is 0 Å². The Morgan fingerprint density at radius 2 is 0.788 bits per heavy atom. The summed E-state index contributed by atoms with van der Waals surface area (Å²) in [6, 6.07) is 16.8. The molecule has 2 aromatic heterocycles. The van der Waals surface area contributed by atoms with Gasteiger partial charge in [-0.15, -0.1) is 0 Å². The van der Waals surface area contributed by atoms with Crippen molar-refractivity contribution in [3.8, 4) is 22.8 Å². The summed E-state index contributed by atoms with van der Waals surface area (Å²) in [6.45, 7) is 6.68. The third-order valence-electron chi connectivity index (χ3n) is 8.48. The number of nitrogens with one attached hydrogen (secondary N) is 4. The van der Waals surface area contributed by atoms with E-state index in [1.807, 2.05) is 0 Å². The van der Waals surface area contributed by atoms with Crippen LogP contribution >= 0.6 is 0 Å². The Kier molecular flexibility index (Phi) is 13.6. The van der Waals surface area contributed by atoms with Gasteiger partial charge in [0.25, 0.3) is 40.5 Å². The van der Waals surface area contributed by atoms with E-state index in [1.54, 1.807) is 0 Å². The molecule has 0 bridgehead atoms. The first kappa shape index (κ1) is 47.8. The van der Waals surface area contributed by atoms with E-state index in [2.05, 4.69) is 64.3 Å². The van der Waals surface area contributed by atoms with Crippen LogP contribution in [-0.2, 0) is 50.1 Å². The molecule has 0 aliphatic heterocycles. The van der Waals surface area contributed by atoms with Crippen molar-refractivity contribution < 1.29 is 61.5 Å². The minimum Gasteiger partial charge on any atom is -0.323 e. The smallest absolute Gasteiger partial charge is 0.296 e. The molecule has 340 valence electrons. The van der Waals surface area contributed by atoms with Crippen LogP contribution in [0.2, 0.25) is 0 Å². The van der Waals surface area contributed by atoms with Crippen LogP contribution in [0, 0.1) is 0 Å². The summed E-state index contributed by atoms with van der Waals surface area (Å²) >= 11 is 0. The van der Waals surface area contributed by atoms with Gasteiger partial charge in [0.05, 0.1) is 11.4 Å². The number of nitrogens with zero attached hydrogens (tertiary/aromatic N) is 6. The number of aromatic nitrogens is 6. The molecule has 0 aliphatic rings. The molecule has 0 unspecified atom stereocenters. The van der Waals surface area contributed by atoms with Crippen molar-refractivity contribution in [2.45, 2.75) is 19.6 Å². The summed E-state index contributed by atoms with van der Waals surface area (Å²) in [4.78, 5) is 46.3. The molecule has 2 amide bonds. The predicted molar refractivity (Wildman–Crippen MR) is 236 cm³/mol. The number of benzene rings is 4. The summed E-state index contributed by atoms with van der Waals surface area (Å²) in [7, 11) is -19.7. The molecule has 0 fully saturated rings. The van der Waals surface area contributed by atoms with E-state index in [0.717, 1.165) is 60.7 Å². The fourth-order valence-corrected chi connectivity index (χ4v) is 8.35. The molecule has 0 atom stereocenters. The number of para-hydroxylation sites is 2. The number of amides is 2. The number of carbonyl (C=O) groups is 2. The van der Waals surface area contributed by atoms with Gasteiger partial charge in [-0.2, -0.15) is 63.6 Å². The van der Waals surface area contributed by atoms with Crippen LogP contribution in [0.15, 0.2) is 130 Å². The first-order valence-electron chi connectivity index (χ1n) is 17.9. The fourth-order valence-electron chi connectivity index (χ4n) is 5.64. The quantitative estimate of drug-likeness (QED) is 0.0381. The largest absolute Gasteiger partial charge is 0.323 e. The van der Waals surface area contributed by atoms with Crippen molar-refractivity contribution in [1.82, 2.24) is 29.9 Å². The van der Waals surface area contributed by atoms with Crippen molar-refractivity contribution in [2.24, 2.45) is 0 Å². The van der Waals surface area contributed by atoms with Crippen molar-refractivity contribution in [3.63, 3.8) is 0 Å². The highest BCUT2D eigenvalue weighted by atomic mass is 32.2. The Balaban J connectivity index is 1.41. The van der Waals surface area contributed by atoms with Crippen LogP contribution in [0.3, 0.4) is 0 Å². The molecule has 24 nitrogen and oxygen atoms in total. The van der Waals surface area contributed by atoms with Gasteiger partial charge in [-0.3, -0.25) is 38.4 Å². The highest BCUT2D eigenvalue weighted by Crippen LogP contribution is 2.31. The Morgan fingerprint density at radius 1 is 0.455 bits per heavy atom. The van der Waals surface area contributed by atoms with Crippen molar-refractivity contribution in [2.75, 3.05) is 21.3 Å². The van der Waals surface area contributed by atoms with E-state index < -0.39 is 95.7 Å². The van der Waals surface area contributed by atoms with E-state index in [1.165, 1.54) is 48.5 Å². The minimum atomic E-state index is -5.11. The minimum absolute atomic E-state index is 0.123. The lowest BCUT2D eigenvalue weighted by molar-refractivity contribution is -0.112. The summed E-state index contributed by atoms with van der Waals surface area (Å²) in [5.41, 5.74) is -1.15. The molecule has 0 spiro atoms. The first-order chi connectivity index (χ1) is 30.9. The average molecular weight is 979 g/mol. The second-order valence-corrected chi connectivity index (χ2v) is 18.5. The monoisotopic (exact) mass is 978 g/mol. The average Bonchev–Trinajstić information content (AvgIpc) is 3.24. The molecular weight excluding hydrogens is 949 g/mol. The third kappa shape index (κ3) is 11.7. The molecule has 0 aliphatic carbocycles. The zero-order valence-corrected chi connectivity index (χ0v) is 36.3. The van der Waals surface area contributed by atoms with E-state index in [-0.39, 0.29) is 45.3 Å². The zero-order chi connectivity index (χ0) is 48.2. The van der Waals surface area contributed by atoms with Gasteiger partial charge in [0, 0.05) is 11.1 Å². The molecule has 0 saturated carbocycles. The van der Waals surface area contributed by atoms with E-state index in [4.69, 9.17) is 0 Å². The number of hydrogen-bond donors (Lipinski definition) is 8. The number of rotatable bonds is 16. The molecule has 0 radical (unpaired) electrons. The molecule has 66 heavy (non-hydrogen) atoms. The number of hydrogen-bond acceptors (Lipinski definition) is 18. The maximum absolute atomic E-state index is 12.8. The molecule has 4 aromatic carbocycles. The van der Waals surface area contributed by atoms with Crippen LogP contribution in [-0.4, -0.2) is 93.6 Å². The van der Waals surface area contributed by atoms with Gasteiger partial charge in [0.2, 0.25) is 35.6 Å². The Morgan fingerprint density at radius 3 is 1.12 bits per heavy atom. The predicted octanol–water partition coefficient (Wildman–Crippen LogP) is 4.28. The molecule has 0 saturated heterocycles. The number of anilines is 6. The third-order valence-corrected chi connectivity index (χ3v) is 12.1. The lowest BCUT2D eigenvalue weighted by atomic mass is 10.1. The molecule has 2 heterocycles. The fraction of sp³-hybridized carbons (Fsp3) is 0. The summed E-state index contributed by atoms with van der Waals surface area (Å²) in [5.74, 6) is -3.92. The molecule has 28 heteroatoms. The summed E-state index contributed by atoms with van der Waals surface area (Å²) in [6.07, 6.45) is 3.90. The van der Waals surface area contributed by atoms with Gasteiger partial charge in [-0.1, -0.05) is 73.8 Å². The first-order valence-corrected chi connectivity index (χ1v) is 23.7. The van der Waals surface area contributed by atoms with E-state index >= 15 is 0 Å². The van der Waals surface area contributed by atoms with Crippen LogP contribution in [0.4, 0.5) is 35.2 Å². The molecule has 6 aromatic rings. The zero-order valence-electron chi connectivity index (χ0n) is 33.0. The Labute approximate surface area is 374 Å².